The smallest absolute Gasteiger partial charge is 0.251 e. The maximum atomic E-state index is 13.6. The van der Waals surface area contributed by atoms with E-state index in [2.05, 4.69) is 10.6 Å². The van der Waals surface area contributed by atoms with Crippen LogP contribution >= 0.6 is 11.6 Å². The van der Waals surface area contributed by atoms with Crippen LogP contribution in [0.1, 0.15) is 56.0 Å². The first-order valence-corrected chi connectivity index (χ1v) is 12.8. The molecule has 2 N–H and O–H groups in total. The van der Waals surface area contributed by atoms with Crippen LogP contribution in [0.5, 0.6) is 0 Å². The van der Waals surface area contributed by atoms with E-state index in [1.54, 1.807) is 24.3 Å². The lowest BCUT2D eigenvalue weighted by atomic mass is 10.1. The highest BCUT2D eigenvalue weighted by atomic mass is 35.5. The summed E-state index contributed by atoms with van der Waals surface area (Å²) in [5.74, 6) is -0.506. The molecule has 7 nitrogen and oxygen atoms in total. The maximum absolute atomic E-state index is 13.6. The number of carbonyl (C=O) groups excluding carboxylic acids is 2. The molecule has 2 aromatic rings. The number of hydrogen-bond acceptors (Lipinski definition) is 4. The molecule has 1 saturated heterocycles. The van der Waals surface area contributed by atoms with Crippen molar-refractivity contribution >= 4 is 33.4 Å². The van der Waals surface area contributed by atoms with Gasteiger partial charge in [0, 0.05) is 29.2 Å². The van der Waals surface area contributed by atoms with Crippen molar-refractivity contribution in [3.05, 3.63) is 64.7 Å². The first-order chi connectivity index (χ1) is 15.5. The van der Waals surface area contributed by atoms with E-state index in [1.807, 2.05) is 20.8 Å². The van der Waals surface area contributed by atoms with Crippen molar-refractivity contribution in [1.82, 2.24) is 14.9 Å². The van der Waals surface area contributed by atoms with Gasteiger partial charge in [-0.25, -0.2) is 8.42 Å². The number of sulfonamides is 1. The minimum absolute atomic E-state index is 0.00418. The Kier molecular flexibility index (Phi) is 7.82. The molecular formula is C24H30ClN3O4S. The van der Waals surface area contributed by atoms with Crippen molar-refractivity contribution in [2.75, 3.05) is 6.54 Å². The number of rotatable bonds is 6. The average Bonchev–Trinajstić information content (AvgIpc) is 2.95. The molecule has 0 bridgehead atoms. The highest BCUT2D eigenvalue weighted by Crippen LogP contribution is 2.26. The van der Waals surface area contributed by atoms with E-state index >= 15 is 0 Å². The van der Waals surface area contributed by atoms with E-state index < -0.39 is 16.1 Å². The van der Waals surface area contributed by atoms with Crippen molar-refractivity contribution in [2.45, 2.75) is 63.1 Å². The molecule has 0 aliphatic carbocycles. The number of carbonyl (C=O) groups is 2. The minimum atomic E-state index is -3.98. The zero-order valence-electron chi connectivity index (χ0n) is 19.1. The van der Waals surface area contributed by atoms with E-state index in [4.69, 9.17) is 11.6 Å². The number of benzene rings is 2. The largest absolute Gasteiger partial charge is 0.355 e. The van der Waals surface area contributed by atoms with Gasteiger partial charge in [-0.05, 0) is 82.0 Å². The van der Waals surface area contributed by atoms with E-state index in [9.17, 15) is 18.0 Å². The number of hydrogen-bond donors (Lipinski definition) is 2. The summed E-state index contributed by atoms with van der Waals surface area (Å²) in [7, 11) is -3.98. The molecule has 33 heavy (non-hydrogen) atoms. The lowest BCUT2D eigenvalue weighted by molar-refractivity contribution is -0.124. The molecule has 0 radical (unpaired) electrons. The van der Waals surface area contributed by atoms with Crippen molar-refractivity contribution in [1.29, 1.82) is 0 Å². The summed E-state index contributed by atoms with van der Waals surface area (Å²) >= 11 is 5.94. The van der Waals surface area contributed by atoms with Gasteiger partial charge in [-0.1, -0.05) is 23.7 Å². The van der Waals surface area contributed by atoms with Gasteiger partial charge in [0.05, 0.1) is 4.90 Å². The zero-order valence-corrected chi connectivity index (χ0v) is 20.7. The average molecular weight is 492 g/mol. The second-order valence-electron chi connectivity index (χ2n) is 9.21. The Morgan fingerprint density at radius 3 is 2.33 bits per heavy atom. The lowest BCUT2D eigenvalue weighted by Crippen LogP contribution is -2.48. The molecule has 1 aliphatic rings. The highest BCUT2D eigenvalue weighted by molar-refractivity contribution is 7.89. The van der Waals surface area contributed by atoms with Gasteiger partial charge in [0.25, 0.3) is 5.91 Å². The van der Waals surface area contributed by atoms with E-state index in [0.29, 0.717) is 29.1 Å². The maximum Gasteiger partial charge on any atom is 0.251 e. The zero-order chi connectivity index (χ0) is 24.2. The van der Waals surface area contributed by atoms with Crippen molar-refractivity contribution in [2.24, 2.45) is 0 Å². The van der Waals surface area contributed by atoms with Gasteiger partial charge in [0.1, 0.15) is 6.04 Å². The van der Waals surface area contributed by atoms with Crippen LogP contribution in [0.2, 0.25) is 5.02 Å². The van der Waals surface area contributed by atoms with Crippen LogP contribution < -0.4 is 10.6 Å². The fourth-order valence-corrected chi connectivity index (χ4v) is 5.39. The molecule has 0 saturated carbocycles. The Balaban J connectivity index is 1.92. The Morgan fingerprint density at radius 1 is 1.09 bits per heavy atom. The highest BCUT2D eigenvalue weighted by Gasteiger charge is 2.36. The van der Waals surface area contributed by atoms with Gasteiger partial charge in [0.2, 0.25) is 15.9 Å². The predicted octanol–water partition coefficient (Wildman–Crippen LogP) is 3.73. The lowest BCUT2D eigenvalue weighted by Gasteiger charge is -2.29. The van der Waals surface area contributed by atoms with E-state index in [1.165, 1.54) is 28.6 Å². The van der Waals surface area contributed by atoms with Gasteiger partial charge in [0.15, 0.2) is 0 Å². The van der Waals surface area contributed by atoms with Crippen molar-refractivity contribution < 1.29 is 18.0 Å². The molecule has 1 fully saturated rings. The molecule has 2 aromatic carbocycles. The van der Waals surface area contributed by atoms with E-state index in [-0.39, 0.29) is 28.8 Å². The predicted molar refractivity (Wildman–Crippen MR) is 128 cm³/mol. The standard InChI is InChI=1S/C24H30ClN3O4S/c1-24(2,3)27-22(29)18-9-7-17(8-10-18)16-28(21-6-4-5-15-26-23(21)30)33(31,32)20-13-11-19(25)12-14-20/h7-14,21H,4-6,15-16H2,1-3H3,(H,26,30)(H,27,29)/t21-/m1/s1. The minimum Gasteiger partial charge on any atom is -0.355 e. The van der Waals surface area contributed by atoms with Crippen molar-refractivity contribution in [3.63, 3.8) is 0 Å². The molecule has 2 amide bonds. The fraction of sp³-hybridized carbons (Fsp3) is 0.417. The Hall–Kier alpha value is -2.42. The summed E-state index contributed by atoms with van der Waals surface area (Å²) in [5.41, 5.74) is 0.788. The van der Waals surface area contributed by atoms with Crippen LogP contribution in [0.4, 0.5) is 0 Å². The van der Waals surface area contributed by atoms with Crippen molar-refractivity contribution in [3.8, 4) is 0 Å². The molecule has 9 heteroatoms. The number of amides is 2. The molecule has 178 valence electrons. The first kappa shape index (κ1) is 25.2. The van der Waals surface area contributed by atoms with Gasteiger partial charge in [-0.2, -0.15) is 4.31 Å². The fourth-order valence-electron chi connectivity index (χ4n) is 3.66. The number of halogens is 1. The Morgan fingerprint density at radius 2 is 1.73 bits per heavy atom. The molecule has 1 atom stereocenters. The van der Waals surface area contributed by atoms with Crippen LogP contribution in [-0.4, -0.2) is 42.7 Å². The number of nitrogens with one attached hydrogen (secondary N) is 2. The van der Waals surface area contributed by atoms with Gasteiger partial charge in [-0.15, -0.1) is 0 Å². The topological polar surface area (TPSA) is 95.6 Å². The molecule has 1 aliphatic heterocycles. The van der Waals surface area contributed by atoms with Gasteiger partial charge >= 0.3 is 0 Å². The third-order valence-corrected chi connectivity index (χ3v) is 7.44. The van der Waals surface area contributed by atoms with Crippen LogP contribution in [0.15, 0.2) is 53.4 Å². The molecule has 0 unspecified atom stereocenters. The second-order valence-corrected chi connectivity index (χ2v) is 11.5. The summed E-state index contributed by atoms with van der Waals surface area (Å²) in [6.45, 7) is 6.23. The third-order valence-electron chi connectivity index (χ3n) is 5.32. The summed E-state index contributed by atoms with van der Waals surface area (Å²) in [5, 5.41) is 6.15. The van der Waals surface area contributed by atoms with Crippen LogP contribution in [0.3, 0.4) is 0 Å². The molecular weight excluding hydrogens is 462 g/mol. The van der Waals surface area contributed by atoms with Gasteiger partial charge in [-0.3, -0.25) is 9.59 Å². The summed E-state index contributed by atoms with van der Waals surface area (Å²) < 4.78 is 28.4. The summed E-state index contributed by atoms with van der Waals surface area (Å²) in [6, 6.07) is 11.9. The molecule has 3 rings (SSSR count). The monoisotopic (exact) mass is 491 g/mol. The van der Waals surface area contributed by atoms with Crippen LogP contribution in [-0.2, 0) is 21.4 Å². The second kappa shape index (κ2) is 10.2. The molecule has 0 spiro atoms. The van der Waals surface area contributed by atoms with Crippen LogP contribution in [0, 0.1) is 0 Å². The summed E-state index contributed by atoms with van der Waals surface area (Å²) in [6.07, 6.45) is 1.97. The van der Waals surface area contributed by atoms with Gasteiger partial charge < -0.3 is 10.6 Å². The third kappa shape index (κ3) is 6.56. The summed E-state index contributed by atoms with van der Waals surface area (Å²) in [4.78, 5) is 25.3. The normalized spacial score (nSPS) is 17.4. The molecule has 1 heterocycles. The van der Waals surface area contributed by atoms with E-state index in [0.717, 1.165) is 12.8 Å². The SMILES string of the molecule is CC(C)(C)NC(=O)c1ccc(CN([C@@H]2CCCCNC2=O)S(=O)(=O)c2ccc(Cl)cc2)cc1. The Labute approximate surface area is 200 Å². The quantitative estimate of drug-likeness (QED) is 0.643. The van der Waals surface area contributed by atoms with Crippen LogP contribution in [0.25, 0.3) is 0 Å². The first-order valence-electron chi connectivity index (χ1n) is 10.9. The number of nitrogens with zero attached hydrogens (tertiary/aromatic N) is 1. The Bertz CT molecular complexity index is 1090. The molecule has 0 aromatic heterocycles.